The molecule has 4 heteroatoms. The first-order valence-electron chi connectivity index (χ1n) is 0. The Morgan fingerprint density at radius 1 is 1.00 bits per heavy atom. The second-order valence-corrected chi connectivity index (χ2v) is 0. The SMILES string of the molecule is [Fe].[LiH].[Sc].[SrH2]. The van der Waals surface area contributed by atoms with Crippen LogP contribution in [0.25, 0.3) is 0 Å². The van der Waals surface area contributed by atoms with Crippen molar-refractivity contribution in [2.24, 2.45) is 0 Å². The molecule has 0 spiro atoms. The minimum absolute atomic E-state index is 0. The quantitative estimate of drug-likeness (QED) is 0.413. The van der Waals surface area contributed by atoms with Gasteiger partial charge < -0.3 is 0 Å². The Labute approximate surface area is 105 Å². The van der Waals surface area contributed by atoms with E-state index in [1.165, 1.54) is 0 Å². The van der Waals surface area contributed by atoms with Crippen molar-refractivity contribution in [3.8, 4) is 0 Å². The molecule has 0 nitrogen and oxygen atoms in total. The maximum atomic E-state index is 0. The van der Waals surface area contributed by atoms with Gasteiger partial charge in [-0.1, -0.05) is 0 Å². The topological polar surface area (TPSA) is 0 Å². The Balaban J connectivity index is 0. The molecule has 0 amide bonds. The van der Waals surface area contributed by atoms with Gasteiger partial charge in [0.2, 0.25) is 0 Å². The van der Waals surface area contributed by atoms with E-state index in [-0.39, 0.29) is 107 Å². The third-order valence-corrected chi connectivity index (χ3v) is 0. The van der Waals surface area contributed by atoms with Gasteiger partial charge in [-0.3, -0.25) is 0 Å². The van der Waals surface area contributed by atoms with Crippen molar-refractivity contribution in [2.75, 3.05) is 0 Å². The van der Waals surface area contributed by atoms with Crippen LogP contribution in [0.2, 0.25) is 0 Å². The van der Waals surface area contributed by atoms with Gasteiger partial charge >= 0.3 is 64.3 Å². The van der Waals surface area contributed by atoms with E-state index in [1.54, 1.807) is 0 Å². The summed E-state index contributed by atoms with van der Waals surface area (Å²) in [5, 5.41) is 0. The van der Waals surface area contributed by atoms with Crippen molar-refractivity contribution in [3.05, 3.63) is 0 Å². The summed E-state index contributed by atoms with van der Waals surface area (Å²) in [5.41, 5.74) is 0. The predicted octanol–water partition coefficient (Wildman–Crippen LogP) is -1.57. The molecule has 0 bridgehead atoms. The van der Waals surface area contributed by atoms with Gasteiger partial charge in [0.25, 0.3) is 0 Å². The molecule has 0 aromatic rings. The first kappa shape index (κ1) is 26.0. The number of hydrogen-bond donors (Lipinski definition) is 0. The number of rotatable bonds is 0. The van der Waals surface area contributed by atoms with Crippen LogP contribution >= 0.6 is 0 Å². The molecule has 0 aliphatic rings. The van der Waals surface area contributed by atoms with E-state index in [4.69, 9.17) is 0 Å². The number of hydrogen-bond acceptors (Lipinski definition) is 0. The molecule has 0 aliphatic heterocycles. The molecule has 17 valence electrons. The van der Waals surface area contributed by atoms with Crippen molar-refractivity contribution in [3.63, 3.8) is 0 Å². The van der Waals surface area contributed by atoms with E-state index in [1.807, 2.05) is 0 Å². The summed E-state index contributed by atoms with van der Waals surface area (Å²) in [5.74, 6) is 0. The molecule has 1 radical (unpaired) electrons. The van der Waals surface area contributed by atoms with E-state index >= 15 is 0 Å². The third kappa shape index (κ3) is 9.08. The Bertz CT molecular complexity index is 8.00. The van der Waals surface area contributed by atoms with E-state index in [2.05, 4.69) is 0 Å². The zero-order valence-electron chi connectivity index (χ0n) is 0.931. The fraction of sp³-hybridized carbons (Fsp3) is 0. The van der Waals surface area contributed by atoms with Gasteiger partial charge in [0.1, 0.15) is 0 Å². The van der Waals surface area contributed by atoms with Crippen LogP contribution in [0.4, 0.5) is 0 Å². The van der Waals surface area contributed by atoms with Crippen LogP contribution < -0.4 is 0 Å². The second-order valence-electron chi connectivity index (χ2n) is 0. The van der Waals surface area contributed by atoms with Crippen molar-refractivity contribution in [1.29, 1.82) is 0 Å². The molecular formula is H3FeLiScSr. The molecule has 0 saturated heterocycles. The van der Waals surface area contributed by atoms with Crippen LogP contribution in [0.5, 0.6) is 0 Å². The monoisotopic (exact) mass is 199 g/mol. The van der Waals surface area contributed by atoms with Crippen LogP contribution in [0.1, 0.15) is 0 Å². The molecule has 0 atom stereocenters. The second kappa shape index (κ2) is 16.1. The van der Waals surface area contributed by atoms with Crippen LogP contribution in [-0.2, 0) is 42.9 Å². The average Bonchev–Trinajstić information content (AvgIpc) is 0. The predicted molar refractivity (Wildman–Crippen MR) is 15.7 cm³/mol. The Hall–Kier alpha value is 3.47. The third-order valence-electron chi connectivity index (χ3n) is 0. The standard InChI is InChI=1S/Fe.Li.Sc.Sr.3H. The Morgan fingerprint density at radius 3 is 1.00 bits per heavy atom. The van der Waals surface area contributed by atoms with Gasteiger partial charge in [-0.2, -0.15) is 0 Å². The van der Waals surface area contributed by atoms with E-state index < -0.39 is 0 Å². The van der Waals surface area contributed by atoms with Crippen molar-refractivity contribution in [1.82, 2.24) is 0 Å². The van der Waals surface area contributed by atoms with E-state index in [0.717, 1.165) is 0 Å². The van der Waals surface area contributed by atoms with Gasteiger partial charge in [-0.25, -0.2) is 0 Å². The summed E-state index contributed by atoms with van der Waals surface area (Å²) in [4.78, 5) is 0. The molecule has 0 fully saturated rings. The summed E-state index contributed by atoms with van der Waals surface area (Å²) in [6.45, 7) is 0. The summed E-state index contributed by atoms with van der Waals surface area (Å²) in [6, 6.07) is 0. The first-order valence-corrected chi connectivity index (χ1v) is 0. The minimum atomic E-state index is 0. The molecule has 0 heterocycles. The summed E-state index contributed by atoms with van der Waals surface area (Å²) < 4.78 is 0. The summed E-state index contributed by atoms with van der Waals surface area (Å²) >= 11 is 0. The van der Waals surface area contributed by atoms with E-state index in [0.29, 0.717) is 0 Å². The van der Waals surface area contributed by atoms with Crippen LogP contribution in [0, 0.1) is 0 Å². The molecule has 0 aromatic heterocycles. The van der Waals surface area contributed by atoms with Crippen molar-refractivity contribution < 1.29 is 42.9 Å². The van der Waals surface area contributed by atoms with Crippen LogP contribution in [0.3, 0.4) is 0 Å². The van der Waals surface area contributed by atoms with Crippen LogP contribution in [-0.4, -0.2) is 64.3 Å². The normalized spacial score (nSPS) is 0. The van der Waals surface area contributed by atoms with Gasteiger partial charge in [-0.15, -0.1) is 0 Å². The van der Waals surface area contributed by atoms with Crippen molar-refractivity contribution in [2.45, 2.75) is 0 Å². The molecule has 0 rings (SSSR count). The Morgan fingerprint density at radius 2 is 1.00 bits per heavy atom. The molecule has 0 aliphatic carbocycles. The average molecular weight is 198 g/mol. The Kier molecular flexibility index (Phi) is 104. The molecule has 0 aromatic carbocycles. The zero-order chi connectivity index (χ0) is 0. The fourth-order valence-corrected chi connectivity index (χ4v) is 0. The van der Waals surface area contributed by atoms with Gasteiger partial charge in [0.15, 0.2) is 0 Å². The molecule has 0 saturated carbocycles. The fourth-order valence-electron chi connectivity index (χ4n) is 0. The van der Waals surface area contributed by atoms with E-state index in [9.17, 15) is 0 Å². The van der Waals surface area contributed by atoms with Gasteiger partial charge in [-0.05, 0) is 0 Å². The van der Waals surface area contributed by atoms with Gasteiger partial charge in [0, 0.05) is 42.9 Å². The molecule has 0 N–H and O–H groups in total. The zero-order valence-corrected chi connectivity index (χ0v) is 3.84. The maximum absolute atomic E-state index is 0. The van der Waals surface area contributed by atoms with Gasteiger partial charge in [0.05, 0.1) is 0 Å². The first-order chi connectivity index (χ1) is 0. The molecule has 4 heavy (non-hydrogen) atoms. The van der Waals surface area contributed by atoms with Crippen molar-refractivity contribution >= 4 is 64.3 Å². The summed E-state index contributed by atoms with van der Waals surface area (Å²) in [7, 11) is 0. The molecular weight excluding hydrogens is 195 g/mol. The van der Waals surface area contributed by atoms with Crippen LogP contribution in [0.15, 0.2) is 0 Å². The summed E-state index contributed by atoms with van der Waals surface area (Å²) in [6.07, 6.45) is 0. The molecule has 0 unspecified atom stereocenters.